The van der Waals surface area contributed by atoms with E-state index in [1.54, 1.807) is 12.1 Å². The van der Waals surface area contributed by atoms with Crippen molar-refractivity contribution < 1.29 is 14.2 Å². The number of ether oxygens (including phenoxy) is 3. The van der Waals surface area contributed by atoms with Gasteiger partial charge in [0.2, 0.25) is 0 Å². The van der Waals surface area contributed by atoms with Crippen molar-refractivity contribution in [1.82, 2.24) is 0 Å². The van der Waals surface area contributed by atoms with Gasteiger partial charge in [-0.3, -0.25) is 0 Å². The SMILES string of the molecule is CCCCCCOc1ccc(OCCOc2ccccc2C=C(C#N)C#N)cc1. The fourth-order valence-corrected chi connectivity index (χ4v) is 2.64. The Balaban J connectivity index is 1.77. The van der Waals surface area contributed by atoms with Crippen LogP contribution in [0.15, 0.2) is 54.1 Å². The zero-order valence-electron chi connectivity index (χ0n) is 16.8. The summed E-state index contributed by atoms with van der Waals surface area (Å²) in [5.41, 5.74) is 0.719. The van der Waals surface area contributed by atoms with E-state index in [2.05, 4.69) is 6.92 Å². The summed E-state index contributed by atoms with van der Waals surface area (Å²) < 4.78 is 17.2. The maximum Gasteiger partial charge on any atom is 0.130 e. The molecule has 2 rings (SSSR count). The molecule has 0 saturated carbocycles. The second-order valence-corrected chi connectivity index (χ2v) is 6.40. The summed E-state index contributed by atoms with van der Waals surface area (Å²) in [6.45, 7) is 3.65. The van der Waals surface area contributed by atoms with Gasteiger partial charge in [-0.2, -0.15) is 10.5 Å². The molecule has 0 aliphatic carbocycles. The van der Waals surface area contributed by atoms with Crippen LogP contribution in [-0.2, 0) is 0 Å². The van der Waals surface area contributed by atoms with E-state index in [9.17, 15) is 0 Å². The van der Waals surface area contributed by atoms with E-state index in [1.165, 1.54) is 25.3 Å². The summed E-state index contributed by atoms with van der Waals surface area (Å²) in [7, 11) is 0. The molecule has 5 nitrogen and oxygen atoms in total. The number of hydrogen-bond acceptors (Lipinski definition) is 5. The molecule has 0 unspecified atom stereocenters. The largest absolute Gasteiger partial charge is 0.494 e. The lowest BCUT2D eigenvalue weighted by atomic mass is 10.1. The average Bonchev–Trinajstić information content (AvgIpc) is 2.76. The average molecular weight is 390 g/mol. The third kappa shape index (κ3) is 7.99. The van der Waals surface area contributed by atoms with Gasteiger partial charge in [0.05, 0.1) is 6.61 Å². The zero-order chi connectivity index (χ0) is 20.7. The maximum absolute atomic E-state index is 8.91. The Bertz CT molecular complexity index is 845. The van der Waals surface area contributed by atoms with Gasteiger partial charge in [0.1, 0.15) is 48.2 Å². The molecule has 0 fully saturated rings. The van der Waals surface area contributed by atoms with Gasteiger partial charge in [0, 0.05) is 5.56 Å². The van der Waals surface area contributed by atoms with Crippen LogP contribution in [0.25, 0.3) is 6.08 Å². The highest BCUT2D eigenvalue weighted by molar-refractivity contribution is 5.66. The number of nitrogens with zero attached hydrogens (tertiary/aromatic N) is 2. The molecule has 0 N–H and O–H groups in total. The summed E-state index contributed by atoms with van der Waals surface area (Å²) >= 11 is 0. The van der Waals surface area contributed by atoms with Crippen LogP contribution in [0.3, 0.4) is 0 Å². The summed E-state index contributed by atoms with van der Waals surface area (Å²) in [6.07, 6.45) is 6.25. The lowest BCUT2D eigenvalue weighted by Gasteiger charge is -2.11. The number of hydrogen-bond donors (Lipinski definition) is 0. The molecule has 5 heteroatoms. The highest BCUT2D eigenvalue weighted by Crippen LogP contribution is 2.21. The minimum atomic E-state index is 0.0324. The first-order valence-corrected chi connectivity index (χ1v) is 9.86. The molecule has 0 aliphatic rings. The number of rotatable bonds is 12. The lowest BCUT2D eigenvalue weighted by molar-refractivity contribution is 0.216. The number of nitriles is 2. The maximum atomic E-state index is 8.91. The molecule has 0 aromatic heterocycles. The first-order valence-electron chi connectivity index (χ1n) is 9.86. The van der Waals surface area contributed by atoms with E-state index >= 15 is 0 Å². The minimum absolute atomic E-state index is 0.0324. The van der Waals surface area contributed by atoms with Crippen LogP contribution in [0.5, 0.6) is 17.2 Å². The van der Waals surface area contributed by atoms with Crippen LogP contribution in [0, 0.1) is 22.7 Å². The van der Waals surface area contributed by atoms with E-state index in [1.807, 2.05) is 48.5 Å². The quantitative estimate of drug-likeness (QED) is 0.352. The molecule has 0 aliphatic heterocycles. The van der Waals surface area contributed by atoms with Gasteiger partial charge in [-0.1, -0.05) is 44.4 Å². The topological polar surface area (TPSA) is 75.3 Å². The third-order valence-corrected chi connectivity index (χ3v) is 4.16. The van der Waals surface area contributed by atoms with Gasteiger partial charge in [-0.15, -0.1) is 0 Å². The summed E-state index contributed by atoms with van der Waals surface area (Å²) in [4.78, 5) is 0. The monoisotopic (exact) mass is 390 g/mol. The molecule has 0 heterocycles. The third-order valence-electron chi connectivity index (χ3n) is 4.16. The Labute approximate surface area is 172 Å². The smallest absolute Gasteiger partial charge is 0.130 e. The second-order valence-electron chi connectivity index (χ2n) is 6.40. The highest BCUT2D eigenvalue weighted by atomic mass is 16.5. The van der Waals surface area contributed by atoms with Crippen molar-refractivity contribution in [2.24, 2.45) is 0 Å². The molecular weight excluding hydrogens is 364 g/mol. The van der Waals surface area contributed by atoms with Crippen molar-refractivity contribution in [1.29, 1.82) is 10.5 Å². The van der Waals surface area contributed by atoms with Crippen LogP contribution in [-0.4, -0.2) is 19.8 Å². The molecule has 0 amide bonds. The van der Waals surface area contributed by atoms with Gasteiger partial charge in [0.15, 0.2) is 0 Å². The standard InChI is InChI=1S/C24H26N2O3/c1-2-3-4-7-14-27-22-10-12-23(13-11-22)28-15-16-29-24-9-6-5-8-21(24)17-20(18-25)19-26/h5-6,8-13,17H,2-4,7,14-16H2,1H3. The Kier molecular flexibility index (Phi) is 9.69. The lowest BCUT2D eigenvalue weighted by Crippen LogP contribution is -2.09. The normalized spacial score (nSPS) is 9.76. The van der Waals surface area contributed by atoms with E-state index < -0.39 is 0 Å². The summed E-state index contributed by atoms with van der Waals surface area (Å²) in [6, 6.07) is 18.5. The Morgan fingerprint density at radius 2 is 1.41 bits per heavy atom. The molecule has 0 atom stereocenters. The first-order chi connectivity index (χ1) is 14.3. The molecule has 2 aromatic rings. The van der Waals surface area contributed by atoms with Crippen LogP contribution in [0.4, 0.5) is 0 Å². The Hall–Kier alpha value is -3.44. The molecule has 2 aromatic carbocycles. The van der Waals surface area contributed by atoms with E-state index in [0.29, 0.717) is 24.5 Å². The van der Waals surface area contributed by atoms with E-state index in [-0.39, 0.29) is 5.57 Å². The molecular formula is C24H26N2O3. The molecule has 0 saturated heterocycles. The van der Waals surface area contributed by atoms with Crippen molar-refractivity contribution in [3.05, 3.63) is 59.7 Å². The fourth-order valence-electron chi connectivity index (χ4n) is 2.64. The molecule has 0 spiro atoms. The van der Waals surface area contributed by atoms with E-state index in [0.717, 1.165) is 24.5 Å². The molecule has 150 valence electrons. The molecule has 0 radical (unpaired) electrons. The Morgan fingerprint density at radius 1 is 0.793 bits per heavy atom. The van der Waals surface area contributed by atoms with Crippen LogP contribution < -0.4 is 14.2 Å². The van der Waals surface area contributed by atoms with Crippen molar-refractivity contribution >= 4 is 6.08 Å². The van der Waals surface area contributed by atoms with Crippen molar-refractivity contribution in [2.75, 3.05) is 19.8 Å². The summed E-state index contributed by atoms with van der Waals surface area (Å²) in [5, 5.41) is 17.8. The predicted octanol–water partition coefficient (Wildman–Crippen LogP) is 5.53. The van der Waals surface area contributed by atoms with E-state index in [4.69, 9.17) is 24.7 Å². The Morgan fingerprint density at radius 3 is 2.07 bits per heavy atom. The number of benzene rings is 2. The minimum Gasteiger partial charge on any atom is -0.494 e. The van der Waals surface area contributed by atoms with Gasteiger partial charge < -0.3 is 14.2 Å². The van der Waals surface area contributed by atoms with Gasteiger partial charge in [-0.05, 0) is 42.8 Å². The van der Waals surface area contributed by atoms with Crippen LogP contribution in [0.2, 0.25) is 0 Å². The summed E-state index contributed by atoms with van der Waals surface area (Å²) in [5.74, 6) is 2.19. The zero-order valence-corrected chi connectivity index (χ0v) is 16.8. The molecule has 29 heavy (non-hydrogen) atoms. The number of para-hydroxylation sites is 1. The first kappa shape index (κ1) is 21.9. The molecule has 0 bridgehead atoms. The van der Waals surface area contributed by atoms with Crippen molar-refractivity contribution in [3.8, 4) is 29.4 Å². The predicted molar refractivity (Wildman–Crippen MR) is 113 cm³/mol. The van der Waals surface area contributed by atoms with Crippen LogP contribution >= 0.6 is 0 Å². The van der Waals surface area contributed by atoms with Crippen LogP contribution in [0.1, 0.15) is 38.2 Å². The fraction of sp³-hybridized carbons (Fsp3) is 0.333. The second kappa shape index (κ2) is 12.9. The number of allylic oxidation sites excluding steroid dienone is 1. The van der Waals surface area contributed by atoms with Crippen molar-refractivity contribution in [2.45, 2.75) is 32.6 Å². The highest BCUT2D eigenvalue weighted by Gasteiger charge is 2.03. The van der Waals surface area contributed by atoms with Gasteiger partial charge in [0.25, 0.3) is 0 Å². The number of unbranched alkanes of at least 4 members (excludes halogenated alkanes) is 3. The van der Waals surface area contributed by atoms with Gasteiger partial charge >= 0.3 is 0 Å². The van der Waals surface area contributed by atoms with Gasteiger partial charge in [-0.25, -0.2) is 0 Å². The van der Waals surface area contributed by atoms with Crippen molar-refractivity contribution in [3.63, 3.8) is 0 Å².